The van der Waals surface area contributed by atoms with Gasteiger partial charge in [-0.15, -0.1) is 0 Å². The average Bonchev–Trinajstić information content (AvgIpc) is 3.05. The van der Waals surface area contributed by atoms with Crippen molar-refractivity contribution in [2.45, 2.75) is 18.7 Å². The van der Waals surface area contributed by atoms with Crippen molar-refractivity contribution in [1.29, 1.82) is 0 Å². The second kappa shape index (κ2) is 6.59. The molecule has 0 aliphatic heterocycles. The molecule has 0 aliphatic carbocycles. The summed E-state index contributed by atoms with van der Waals surface area (Å²) in [4.78, 5) is 0.283. The summed E-state index contributed by atoms with van der Waals surface area (Å²) in [6, 6.07) is 22.3. The van der Waals surface area contributed by atoms with Crippen molar-refractivity contribution in [3.63, 3.8) is 0 Å². The van der Waals surface area contributed by atoms with Gasteiger partial charge in [0.15, 0.2) is 0 Å². The summed E-state index contributed by atoms with van der Waals surface area (Å²) in [6.45, 7) is 3.74. The number of hydrogen-bond donors (Lipinski definition) is 1. The van der Waals surface area contributed by atoms with Crippen molar-refractivity contribution in [3.05, 3.63) is 83.9 Å². The van der Waals surface area contributed by atoms with Crippen LogP contribution in [0.15, 0.2) is 82.1 Å². The SMILES string of the molecule is Cc1ccc(S(=O)(=O)Nc2ccc3oc(-c4ccccc4)cc3c2)c(C)c1. The maximum atomic E-state index is 12.8. The van der Waals surface area contributed by atoms with Crippen LogP contribution in [0.25, 0.3) is 22.3 Å². The minimum absolute atomic E-state index is 0.283. The molecule has 1 N–H and O–H groups in total. The number of anilines is 1. The Labute approximate surface area is 158 Å². The van der Waals surface area contributed by atoms with Gasteiger partial charge >= 0.3 is 0 Å². The number of rotatable bonds is 4. The molecular weight excluding hydrogens is 358 g/mol. The predicted molar refractivity (Wildman–Crippen MR) is 108 cm³/mol. The lowest BCUT2D eigenvalue weighted by molar-refractivity contribution is 0.600. The molecule has 0 radical (unpaired) electrons. The maximum Gasteiger partial charge on any atom is 0.262 e. The molecule has 4 nitrogen and oxygen atoms in total. The lowest BCUT2D eigenvalue weighted by atomic mass is 10.1. The number of hydrogen-bond acceptors (Lipinski definition) is 3. The van der Waals surface area contributed by atoms with Gasteiger partial charge in [-0.05, 0) is 49.7 Å². The topological polar surface area (TPSA) is 59.3 Å². The van der Waals surface area contributed by atoms with E-state index in [1.54, 1.807) is 37.3 Å². The minimum Gasteiger partial charge on any atom is -0.456 e. The van der Waals surface area contributed by atoms with Crippen molar-refractivity contribution in [2.75, 3.05) is 4.72 Å². The van der Waals surface area contributed by atoms with Gasteiger partial charge in [0.2, 0.25) is 0 Å². The van der Waals surface area contributed by atoms with E-state index in [1.807, 2.05) is 49.4 Å². The standard InChI is InChI=1S/C22H19NO3S/c1-15-8-11-22(16(2)12-15)27(24,25)23-19-9-10-20-18(13-19)14-21(26-20)17-6-4-3-5-7-17/h3-14,23H,1-2H3. The van der Waals surface area contributed by atoms with Gasteiger partial charge in [0.25, 0.3) is 10.0 Å². The van der Waals surface area contributed by atoms with E-state index in [0.29, 0.717) is 11.3 Å². The highest BCUT2D eigenvalue weighted by atomic mass is 32.2. The van der Waals surface area contributed by atoms with E-state index < -0.39 is 10.0 Å². The smallest absolute Gasteiger partial charge is 0.262 e. The molecule has 1 aromatic heterocycles. The molecule has 0 fully saturated rings. The summed E-state index contributed by atoms with van der Waals surface area (Å²) in [5.74, 6) is 0.750. The molecule has 0 atom stereocenters. The molecule has 0 spiro atoms. The zero-order chi connectivity index (χ0) is 19.0. The van der Waals surface area contributed by atoms with Gasteiger partial charge in [-0.1, -0.05) is 48.0 Å². The normalized spacial score (nSPS) is 11.6. The lowest BCUT2D eigenvalue weighted by Crippen LogP contribution is -2.14. The number of furan rings is 1. The highest BCUT2D eigenvalue weighted by Gasteiger charge is 2.17. The zero-order valence-electron chi connectivity index (χ0n) is 15.1. The van der Waals surface area contributed by atoms with Crippen molar-refractivity contribution in [1.82, 2.24) is 0 Å². The first kappa shape index (κ1) is 17.4. The van der Waals surface area contributed by atoms with Gasteiger partial charge in [0, 0.05) is 16.6 Å². The highest BCUT2D eigenvalue weighted by molar-refractivity contribution is 7.92. The Morgan fingerprint density at radius 2 is 1.63 bits per heavy atom. The van der Waals surface area contributed by atoms with Gasteiger partial charge in [-0.2, -0.15) is 0 Å². The molecule has 0 amide bonds. The van der Waals surface area contributed by atoms with E-state index in [-0.39, 0.29) is 4.90 Å². The monoisotopic (exact) mass is 377 g/mol. The first-order valence-electron chi connectivity index (χ1n) is 8.61. The molecule has 27 heavy (non-hydrogen) atoms. The first-order chi connectivity index (χ1) is 12.9. The van der Waals surface area contributed by atoms with Crippen LogP contribution in [0.2, 0.25) is 0 Å². The molecule has 1 heterocycles. The average molecular weight is 377 g/mol. The fourth-order valence-electron chi connectivity index (χ4n) is 3.16. The molecular formula is C22H19NO3S. The molecule has 0 saturated heterocycles. The van der Waals surface area contributed by atoms with E-state index in [0.717, 1.165) is 27.8 Å². The predicted octanol–water partition coefficient (Wildman–Crippen LogP) is 5.52. The van der Waals surface area contributed by atoms with Crippen LogP contribution in [-0.2, 0) is 10.0 Å². The molecule has 5 heteroatoms. The summed E-state index contributed by atoms with van der Waals surface area (Å²) in [5, 5.41) is 0.842. The molecule has 0 bridgehead atoms. The fraction of sp³-hybridized carbons (Fsp3) is 0.0909. The number of sulfonamides is 1. The summed E-state index contributed by atoms with van der Waals surface area (Å²) < 4.78 is 34.1. The van der Waals surface area contributed by atoms with Gasteiger partial charge < -0.3 is 4.42 Å². The Hall–Kier alpha value is -3.05. The summed E-state index contributed by atoms with van der Waals surface area (Å²) >= 11 is 0. The van der Waals surface area contributed by atoms with Crippen molar-refractivity contribution in [2.24, 2.45) is 0 Å². The summed E-state index contributed by atoms with van der Waals surface area (Å²) in [7, 11) is -3.66. The molecule has 136 valence electrons. The maximum absolute atomic E-state index is 12.8. The second-order valence-electron chi connectivity index (χ2n) is 6.60. The van der Waals surface area contributed by atoms with E-state index in [2.05, 4.69) is 4.72 Å². The largest absolute Gasteiger partial charge is 0.456 e. The molecule has 3 aromatic carbocycles. The second-order valence-corrected chi connectivity index (χ2v) is 8.25. The van der Waals surface area contributed by atoms with Crippen molar-refractivity contribution < 1.29 is 12.8 Å². The first-order valence-corrected chi connectivity index (χ1v) is 10.1. The zero-order valence-corrected chi connectivity index (χ0v) is 15.9. The van der Waals surface area contributed by atoms with Gasteiger partial charge in [0.05, 0.1) is 4.90 Å². The lowest BCUT2D eigenvalue weighted by Gasteiger charge is -2.11. The molecule has 0 unspecified atom stereocenters. The Morgan fingerprint density at radius 3 is 2.37 bits per heavy atom. The highest BCUT2D eigenvalue weighted by Crippen LogP contribution is 2.30. The van der Waals surface area contributed by atoms with E-state index in [9.17, 15) is 8.42 Å². The van der Waals surface area contributed by atoms with Crippen LogP contribution < -0.4 is 4.72 Å². The molecule has 0 saturated carbocycles. The Kier molecular flexibility index (Phi) is 4.24. The van der Waals surface area contributed by atoms with Crippen LogP contribution in [0.5, 0.6) is 0 Å². The Morgan fingerprint density at radius 1 is 0.852 bits per heavy atom. The van der Waals surface area contributed by atoms with Crippen LogP contribution in [-0.4, -0.2) is 8.42 Å². The van der Waals surface area contributed by atoms with Crippen molar-refractivity contribution in [3.8, 4) is 11.3 Å². The van der Waals surface area contributed by atoms with Crippen LogP contribution in [0, 0.1) is 13.8 Å². The number of fused-ring (bicyclic) bond motifs is 1. The minimum atomic E-state index is -3.66. The fourth-order valence-corrected chi connectivity index (χ4v) is 4.44. The third kappa shape index (κ3) is 3.46. The van der Waals surface area contributed by atoms with Gasteiger partial charge in [-0.25, -0.2) is 8.42 Å². The van der Waals surface area contributed by atoms with Crippen LogP contribution >= 0.6 is 0 Å². The Balaban J connectivity index is 1.68. The number of nitrogens with one attached hydrogen (secondary N) is 1. The molecule has 0 aliphatic rings. The van der Waals surface area contributed by atoms with Crippen LogP contribution in [0.3, 0.4) is 0 Å². The molecule has 4 aromatic rings. The van der Waals surface area contributed by atoms with E-state index in [1.165, 1.54) is 0 Å². The van der Waals surface area contributed by atoms with Gasteiger partial charge in [0.1, 0.15) is 11.3 Å². The summed E-state index contributed by atoms with van der Waals surface area (Å²) in [6.07, 6.45) is 0. The van der Waals surface area contributed by atoms with Gasteiger partial charge in [-0.3, -0.25) is 4.72 Å². The molecule has 4 rings (SSSR count). The van der Waals surface area contributed by atoms with Crippen molar-refractivity contribution >= 4 is 26.7 Å². The number of aryl methyl sites for hydroxylation is 2. The summed E-state index contributed by atoms with van der Waals surface area (Å²) in [5.41, 5.74) is 3.94. The Bertz CT molecular complexity index is 1230. The quantitative estimate of drug-likeness (QED) is 0.509. The third-order valence-electron chi connectivity index (χ3n) is 4.45. The number of benzene rings is 3. The van der Waals surface area contributed by atoms with Crippen LogP contribution in [0.1, 0.15) is 11.1 Å². The van der Waals surface area contributed by atoms with E-state index >= 15 is 0 Å². The third-order valence-corrected chi connectivity index (χ3v) is 5.99. The van der Waals surface area contributed by atoms with E-state index in [4.69, 9.17) is 4.42 Å². The van der Waals surface area contributed by atoms with Crippen LogP contribution in [0.4, 0.5) is 5.69 Å².